The quantitative estimate of drug-likeness (QED) is 0.742. The summed E-state index contributed by atoms with van der Waals surface area (Å²) in [6.45, 7) is 0. The van der Waals surface area contributed by atoms with Crippen LogP contribution in [0.25, 0.3) is 10.8 Å². The van der Waals surface area contributed by atoms with Crippen molar-refractivity contribution in [3.8, 4) is 0 Å². The van der Waals surface area contributed by atoms with Gasteiger partial charge in [-0.3, -0.25) is 0 Å². The van der Waals surface area contributed by atoms with Crippen LogP contribution in [0.1, 0.15) is 5.56 Å². The Morgan fingerprint density at radius 2 is 1.62 bits per heavy atom. The van der Waals surface area contributed by atoms with Crippen molar-refractivity contribution in [3.05, 3.63) is 48.0 Å². The number of alkyl halides is 3. The molecule has 0 aromatic heterocycles. The van der Waals surface area contributed by atoms with Gasteiger partial charge < -0.3 is 0 Å². The molecule has 0 aliphatic carbocycles. The van der Waals surface area contributed by atoms with Gasteiger partial charge in [0, 0.05) is 0 Å². The van der Waals surface area contributed by atoms with E-state index in [1.54, 1.807) is 6.07 Å². The monoisotopic (exact) mass is 290 g/mol. The zero-order valence-electron chi connectivity index (χ0n) is 8.29. The molecule has 0 atom stereocenters. The summed E-state index contributed by atoms with van der Waals surface area (Å²) in [5, 5.41) is -1.84. The van der Waals surface area contributed by atoms with Gasteiger partial charge >= 0.3 is 97.3 Å². The first-order valence-electron chi connectivity index (χ1n) is 4.73. The summed E-state index contributed by atoms with van der Waals surface area (Å²) in [7, 11) is 0. The van der Waals surface area contributed by atoms with Crippen LogP contribution in [-0.2, 0) is 5.32 Å². The van der Waals surface area contributed by atoms with E-state index in [4.69, 9.17) is 0 Å². The molecule has 0 N–H and O–H groups in total. The van der Waals surface area contributed by atoms with Crippen molar-refractivity contribution in [2.45, 2.75) is 10.4 Å². The van der Waals surface area contributed by atoms with E-state index in [-0.39, 0.29) is 5.32 Å². The van der Waals surface area contributed by atoms with E-state index in [0.717, 1.165) is 16.3 Å². The van der Waals surface area contributed by atoms with Gasteiger partial charge in [0.1, 0.15) is 0 Å². The molecule has 0 heterocycles. The molecule has 0 saturated carbocycles. The van der Waals surface area contributed by atoms with E-state index in [9.17, 15) is 13.2 Å². The van der Waals surface area contributed by atoms with Crippen LogP contribution in [0.2, 0.25) is 0 Å². The number of benzene rings is 2. The Morgan fingerprint density at radius 1 is 0.938 bits per heavy atom. The second-order valence-electron chi connectivity index (χ2n) is 3.42. The molecular weight excluding hydrogens is 280 g/mol. The van der Waals surface area contributed by atoms with Gasteiger partial charge in [-0.2, -0.15) is 0 Å². The van der Waals surface area contributed by atoms with Gasteiger partial charge in [-0.15, -0.1) is 0 Å². The Bertz CT molecular complexity index is 491. The molecule has 0 unspecified atom stereocenters. The van der Waals surface area contributed by atoms with Gasteiger partial charge in [0.25, 0.3) is 0 Å². The predicted molar refractivity (Wildman–Crippen MR) is 59.5 cm³/mol. The van der Waals surface area contributed by atoms with E-state index >= 15 is 0 Å². The van der Waals surface area contributed by atoms with Crippen molar-refractivity contribution in [2.75, 3.05) is 0 Å². The third kappa shape index (κ3) is 3.00. The number of hydrogen-bond acceptors (Lipinski definition) is 0. The van der Waals surface area contributed by atoms with Crippen molar-refractivity contribution in [2.24, 2.45) is 0 Å². The first-order chi connectivity index (χ1) is 7.54. The Labute approximate surface area is 97.6 Å². The summed E-state index contributed by atoms with van der Waals surface area (Å²) in [4.78, 5) is 0. The fourth-order valence-corrected chi connectivity index (χ4v) is 2.56. The first kappa shape index (κ1) is 11.5. The van der Waals surface area contributed by atoms with Crippen LogP contribution < -0.4 is 0 Å². The summed E-state index contributed by atoms with van der Waals surface area (Å²) >= 11 is -1.32. The Kier molecular flexibility index (Phi) is 3.22. The van der Waals surface area contributed by atoms with Gasteiger partial charge in [0.05, 0.1) is 0 Å². The van der Waals surface area contributed by atoms with E-state index in [1.165, 1.54) is 0 Å². The maximum absolute atomic E-state index is 12.1. The minimum atomic E-state index is -4.02. The number of halogens is 3. The number of fused-ring (bicyclic) bond motifs is 1. The Balaban J connectivity index is 2.20. The summed E-state index contributed by atoms with van der Waals surface area (Å²) in [5.74, 6) is 0. The van der Waals surface area contributed by atoms with Crippen LogP contribution >= 0.6 is 0 Å². The molecule has 0 saturated heterocycles. The van der Waals surface area contributed by atoms with Crippen molar-refractivity contribution in [1.82, 2.24) is 0 Å². The third-order valence-electron chi connectivity index (χ3n) is 2.22. The molecule has 16 heavy (non-hydrogen) atoms. The van der Waals surface area contributed by atoms with Gasteiger partial charge in [-0.1, -0.05) is 0 Å². The minimum absolute atomic E-state index is 0.112. The molecule has 2 aromatic carbocycles. The normalized spacial score (nSPS) is 11.9. The second-order valence-corrected chi connectivity index (χ2v) is 5.60. The zero-order valence-corrected chi connectivity index (χ0v) is 10.0. The number of rotatable bonds is 2. The SMILES string of the molecule is FC(F)(F)[Se]Cc1ccc2ccccc2c1. The molecule has 2 rings (SSSR count). The average molecular weight is 289 g/mol. The standard InChI is InChI=1S/C12H9F3Se/c13-12(14,15)16-8-9-5-6-10-3-1-2-4-11(10)7-9/h1-7H,8H2. The Hall–Kier alpha value is -0.991. The molecule has 0 amide bonds. The summed E-state index contributed by atoms with van der Waals surface area (Å²) in [5.41, 5.74) is 0.760. The molecule has 0 aliphatic heterocycles. The average Bonchev–Trinajstić information content (AvgIpc) is 2.25. The van der Waals surface area contributed by atoms with Gasteiger partial charge in [-0.25, -0.2) is 0 Å². The maximum atomic E-state index is 12.1. The second kappa shape index (κ2) is 4.48. The fraction of sp³-hybridized carbons (Fsp3) is 0.167. The van der Waals surface area contributed by atoms with Crippen LogP contribution in [0.15, 0.2) is 42.5 Å². The molecule has 0 nitrogen and oxygen atoms in total. The van der Waals surface area contributed by atoms with Crippen LogP contribution in [-0.4, -0.2) is 20.0 Å². The predicted octanol–water partition coefficient (Wildman–Crippen LogP) is 3.56. The van der Waals surface area contributed by atoms with Crippen LogP contribution in [0.3, 0.4) is 0 Å². The van der Waals surface area contributed by atoms with E-state index in [0.29, 0.717) is 0 Å². The molecule has 0 radical (unpaired) electrons. The van der Waals surface area contributed by atoms with Crippen LogP contribution in [0, 0.1) is 0 Å². The van der Waals surface area contributed by atoms with Gasteiger partial charge in [0.15, 0.2) is 0 Å². The molecule has 0 fully saturated rings. The van der Waals surface area contributed by atoms with E-state index < -0.39 is 20.0 Å². The zero-order chi connectivity index (χ0) is 11.6. The Morgan fingerprint density at radius 3 is 2.31 bits per heavy atom. The topological polar surface area (TPSA) is 0 Å². The summed E-state index contributed by atoms with van der Waals surface area (Å²) in [6.07, 6.45) is 0. The van der Waals surface area contributed by atoms with Crippen LogP contribution in [0.4, 0.5) is 13.2 Å². The molecule has 4 heteroatoms. The first-order valence-corrected chi connectivity index (χ1v) is 6.80. The van der Waals surface area contributed by atoms with Gasteiger partial charge in [0.2, 0.25) is 0 Å². The van der Waals surface area contributed by atoms with Crippen molar-refractivity contribution in [1.29, 1.82) is 0 Å². The van der Waals surface area contributed by atoms with Crippen molar-refractivity contribution >= 4 is 25.7 Å². The fourth-order valence-electron chi connectivity index (χ4n) is 1.49. The van der Waals surface area contributed by atoms with Gasteiger partial charge in [-0.05, 0) is 0 Å². The summed E-state index contributed by atoms with van der Waals surface area (Å²) in [6, 6.07) is 13.2. The third-order valence-corrected chi connectivity index (χ3v) is 3.91. The number of hydrogen-bond donors (Lipinski definition) is 0. The van der Waals surface area contributed by atoms with Crippen molar-refractivity contribution in [3.63, 3.8) is 0 Å². The molecule has 84 valence electrons. The van der Waals surface area contributed by atoms with Crippen LogP contribution in [0.5, 0.6) is 0 Å². The molecule has 0 spiro atoms. The molecule has 2 aromatic rings. The van der Waals surface area contributed by atoms with E-state index in [2.05, 4.69) is 0 Å². The molecular formula is C12H9F3Se. The van der Waals surface area contributed by atoms with E-state index in [1.807, 2.05) is 36.4 Å². The molecule has 0 bridgehead atoms. The van der Waals surface area contributed by atoms with Crippen molar-refractivity contribution < 1.29 is 13.2 Å². The summed E-state index contributed by atoms with van der Waals surface area (Å²) < 4.78 is 36.2. The molecule has 0 aliphatic rings.